The summed E-state index contributed by atoms with van der Waals surface area (Å²) in [5, 5.41) is 3.42. The lowest BCUT2D eigenvalue weighted by Crippen LogP contribution is -2.30. The minimum Gasteiger partial charge on any atom is -0.497 e. The number of methoxy groups -OCH3 is 2. The molecule has 1 aromatic carbocycles. The molecule has 26 heavy (non-hydrogen) atoms. The van der Waals surface area contributed by atoms with Gasteiger partial charge in [-0.25, -0.2) is 4.98 Å². The molecule has 0 aliphatic heterocycles. The Kier molecular flexibility index (Phi) is 5.13. The van der Waals surface area contributed by atoms with Crippen molar-refractivity contribution >= 4 is 34.0 Å². The summed E-state index contributed by atoms with van der Waals surface area (Å²) in [6.45, 7) is 3.29. The first-order valence-corrected chi connectivity index (χ1v) is 9.06. The number of hydrogen-bond donors (Lipinski definition) is 1. The Hall–Kier alpha value is -2.61. The van der Waals surface area contributed by atoms with Gasteiger partial charge in [0.1, 0.15) is 16.4 Å². The second-order valence-electron chi connectivity index (χ2n) is 6.05. The number of nitrogens with zero attached hydrogens (tertiary/aromatic N) is 2. The van der Waals surface area contributed by atoms with Crippen molar-refractivity contribution in [2.75, 3.05) is 24.4 Å². The van der Waals surface area contributed by atoms with E-state index in [0.717, 1.165) is 12.8 Å². The van der Waals surface area contributed by atoms with Crippen molar-refractivity contribution in [3.05, 3.63) is 28.8 Å². The van der Waals surface area contributed by atoms with Gasteiger partial charge in [-0.3, -0.25) is 14.5 Å². The first kappa shape index (κ1) is 18.2. The molecule has 1 aliphatic carbocycles. The van der Waals surface area contributed by atoms with Crippen molar-refractivity contribution in [1.82, 2.24) is 4.98 Å². The van der Waals surface area contributed by atoms with E-state index in [0.29, 0.717) is 32.9 Å². The number of benzene rings is 1. The molecule has 2 aromatic rings. The third kappa shape index (κ3) is 3.65. The van der Waals surface area contributed by atoms with Gasteiger partial charge in [0.2, 0.25) is 5.91 Å². The van der Waals surface area contributed by atoms with Gasteiger partial charge in [-0.05, 0) is 31.9 Å². The summed E-state index contributed by atoms with van der Waals surface area (Å²) in [6, 6.07) is 5.37. The van der Waals surface area contributed by atoms with Gasteiger partial charge >= 0.3 is 0 Å². The SMILES string of the molecule is COc1ccc(NC(=O)c2sc(N(C(C)=O)C3CC3)nc2C)c(OC)c1. The molecule has 0 bridgehead atoms. The highest BCUT2D eigenvalue weighted by atomic mass is 32.1. The molecule has 1 heterocycles. The Morgan fingerprint density at radius 2 is 2.00 bits per heavy atom. The fourth-order valence-electron chi connectivity index (χ4n) is 2.66. The molecule has 3 rings (SSSR count). The van der Waals surface area contributed by atoms with Gasteiger partial charge in [-0.15, -0.1) is 0 Å². The largest absolute Gasteiger partial charge is 0.497 e. The van der Waals surface area contributed by atoms with Crippen molar-refractivity contribution in [3.63, 3.8) is 0 Å². The Morgan fingerprint density at radius 3 is 2.58 bits per heavy atom. The van der Waals surface area contributed by atoms with Gasteiger partial charge < -0.3 is 14.8 Å². The molecule has 0 unspecified atom stereocenters. The zero-order valence-electron chi connectivity index (χ0n) is 15.2. The molecule has 1 aromatic heterocycles. The predicted molar refractivity (Wildman–Crippen MR) is 101 cm³/mol. The van der Waals surface area contributed by atoms with Crippen LogP contribution in [-0.4, -0.2) is 37.1 Å². The summed E-state index contributed by atoms with van der Waals surface area (Å²) in [6.07, 6.45) is 1.95. The molecule has 1 saturated carbocycles. The summed E-state index contributed by atoms with van der Waals surface area (Å²) in [4.78, 5) is 31.2. The topological polar surface area (TPSA) is 80.8 Å². The zero-order valence-corrected chi connectivity index (χ0v) is 16.0. The fraction of sp³-hybridized carbons (Fsp3) is 0.389. The Labute approximate surface area is 155 Å². The fourth-order valence-corrected chi connectivity index (χ4v) is 3.74. The van der Waals surface area contributed by atoms with E-state index in [-0.39, 0.29) is 17.9 Å². The number of rotatable bonds is 6. The van der Waals surface area contributed by atoms with Crippen LogP contribution >= 0.6 is 11.3 Å². The van der Waals surface area contributed by atoms with Crippen LogP contribution in [0.1, 0.15) is 35.1 Å². The number of aryl methyl sites for hydroxylation is 1. The average Bonchev–Trinajstić information content (AvgIpc) is 3.36. The minimum atomic E-state index is -0.283. The number of anilines is 2. The van der Waals surface area contributed by atoms with Crippen LogP contribution < -0.4 is 19.7 Å². The van der Waals surface area contributed by atoms with Gasteiger partial charge in [-0.1, -0.05) is 11.3 Å². The number of amides is 2. The molecule has 0 atom stereocenters. The van der Waals surface area contributed by atoms with Crippen molar-refractivity contribution in [3.8, 4) is 11.5 Å². The molecule has 7 nitrogen and oxygen atoms in total. The maximum atomic E-state index is 12.7. The number of hydrogen-bond acceptors (Lipinski definition) is 6. The lowest BCUT2D eigenvalue weighted by atomic mass is 10.2. The number of aromatic nitrogens is 1. The summed E-state index contributed by atoms with van der Waals surface area (Å²) < 4.78 is 10.5. The Balaban J connectivity index is 1.83. The van der Waals surface area contributed by atoms with Crippen LogP contribution in [0.25, 0.3) is 0 Å². The van der Waals surface area contributed by atoms with Crippen LogP contribution in [0.2, 0.25) is 0 Å². The smallest absolute Gasteiger partial charge is 0.267 e. The number of carbonyl (C=O) groups excluding carboxylic acids is 2. The van der Waals surface area contributed by atoms with Crippen LogP contribution in [0.5, 0.6) is 11.5 Å². The third-order valence-corrected chi connectivity index (χ3v) is 5.26. The second kappa shape index (κ2) is 7.33. The molecule has 0 radical (unpaired) electrons. The van der Waals surface area contributed by atoms with E-state index in [1.165, 1.54) is 25.4 Å². The summed E-state index contributed by atoms with van der Waals surface area (Å²) >= 11 is 1.23. The molecular weight excluding hydrogens is 354 g/mol. The van der Waals surface area contributed by atoms with Gasteiger partial charge in [0.05, 0.1) is 25.6 Å². The Morgan fingerprint density at radius 1 is 1.27 bits per heavy atom. The predicted octanol–water partition coefficient (Wildman–Crippen LogP) is 3.24. The summed E-state index contributed by atoms with van der Waals surface area (Å²) in [5.41, 5.74) is 1.14. The number of nitrogens with one attached hydrogen (secondary N) is 1. The monoisotopic (exact) mass is 375 g/mol. The van der Waals surface area contributed by atoms with Crippen LogP contribution in [0.3, 0.4) is 0 Å². The van der Waals surface area contributed by atoms with Crippen molar-refractivity contribution in [2.24, 2.45) is 0 Å². The molecular formula is C18H21N3O4S. The maximum absolute atomic E-state index is 12.7. The lowest BCUT2D eigenvalue weighted by molar-refractivity contribution is -0.116. The van der Waals surface area contributed by atoms with Gasteiger partial charge in [-0.2, -0.15) is 0 Å². The molecule has 1 fully saturated rings. The third-order valence-electron chi connectivity index (χ3n) is 4.11. The summed E-state index contributed by atoms with van der Waals surface area (Å²) in [7, 11) is 3.09. The van der Waals surface area contributed by atoms with E-state index >= 15 is 0 Å². The van der Waals surface area contributed by atoms with Gasteiger partial charge in [0, 0.05) is 19.0 Å². The van der Waals surface area contributed by atoms with E-state index in [2.05, 4.69) is 10.3 Å². The normalized spacial score (nSPS) is 13.2. The van der Waals surface area contributed by atoms with Crippen LogP contribution in [0.15, 0.2) is 18.2 Å². The highest BCUT2D eigenvalue weighted by Gasteiger charge is 2.34. The van der Waals surface area contributed by atoms with Crippen molar-refractivity contribution < 1.29 is 19.1 Å². The molecule has 1 N–H and O–H groups in total. The number of thiazole rings is 1. The Bertz CT molecular complexity index is 845. The molecule has 0 saturated heterocycles. The quantitative estimate of drug-likeness (QED) is 0.838. The van der Waals surface area contributed by atoms with Crippen molar-refractivity contribution in [2.45, 2.75) is 32.7 Å². The van der Waals surface area contributed by atoms with Gasteiger partial charge in [0.15, 0.2) is 5.13 Å². The lowest BCUT2D eigenvalue weighted by Gasteiger charge is -2.16. The van der Waals surface area contributed by atoms with E-state index < -0.39 is 0 Å². The standard InChI is InChI=1S/C18H21N3O4S/c1-10-16(26-18(19-10)21(11(2)22)12-5-6-12)17(23)20-14-8-7-13(24-3)9-15(14)25-4/h7-9,12H,5-6H2,1-4H3,(H,20,23). The molecule has 1 aliphatic rings. The zero-order chi connectivity index (χ0) is 18.8. The first-order valence-electron chi connectivity index (χ1n) is 8.25. The number of carbonyl (C=O) groups is 2. The van der Waals surface area contributed by atoms with E-state index in [4.69, 9.17) is 9.47 Å². The van der Waals surface area contributed by atoms with Gasteiger partial charge in [0.25, 0.3) is 5.91 Å². The van der Waals surface area contributed by atoms with Crippen LogP contribution in [0.4, 0.5) is 10.8 Å². The van der Waals surface area contributed by atoms with E-state index in [1.807, 2.05) is 0 Å². The average molecular weight is 375 g/mol. The minimum absolute atomic E-state index is 0.0509. The highest BCUT2D eigenvalue weighted by molar-refractivity contribution is 7.18. The second-order valence-corrected chi connectivity index (χ2v) is 7.03. The van der Waals surface area contributed by atoms with E-state index in [1.54, 1.807) is 37.1 Å². The van der Waals surface area contributed by atoms with Crippen LogP contribution in [-0.2, 0) is 4.79 Å². The molecule has 0 spiro atoms. The molecule has 2 amide bonds. The molecule has 8 heteroatoms. The first-order chi connectivity index (χ1) is 12.4. The maximum Gasteiger partial charge on any atom is 0.267 e. The summed E-state index contributed by atoms with van der Waals surface area (Å²) in [5.74, 6) is 0.806. The van der Waals surface area contributed by atoms with E-state index in [9.17, 15) is 9.59 Å². The molecule has 138 valence electrons. The van der Waals surface area contributed by atoms with Crippen molar-refractivity contribution in [1.29, 1.82) is 0 Å². The van der Waals surface area contributed by atoms with Crippen LogP contribution in [0, 0.1) is 6.92 Å². The highest BCUT2D eigenvalue weighted by Crippen LogP contribution is 2.36. The number of ether oxygens (including phenoxy) is 2.